The molecule has 0 saturated heterocycles. The van der Waals surface area contributed by atoms with Crippen molar-refractivity contribution >= 4 is 11.0 Å². The molecule has 0 aliphatic carbocycles. The first-order chi connectivity index (χ1) is 9.93. The minimum absolute atomic E-state index is 0.308. The van der Waals surface area contributed by atoms with Crippen LogP contribution in [-0.2, 0) is 13.5 Å². The number of nitrogens with one attached hydrogen (secondary N) is 1. The summed E-state index contributed by atoms with van der Waals surface area (Å²) in [6, 6.07) is 8.93. The molecule has 0 aliphatic rings. The Morgan fingerprint density at radius 1 is 1.24 bits per heavy atom. The Kier molecular flexibility index (Phi) is 5.04. The maximum Gasteiger partial charge on any atom is 0.109 e. The smallest absolute Gasteiger partial charge is 0.109 e. The molecule has 2 rings (SSSR count). The van der Waals surface area contributed by atoms with Crippen molar-refractivity contribution in [3.63, 3.8) is 0 Å². The molecule has 0 bridgehead atoms. The Bertz CT molecular complexity index is 578. The molecule has 0 radical (unpaired) electrons. The minimum atomic E-state index is 0.308. The van der Waals surface area contributed by atoms with E-state index in [0.29, 0.717) is 11.5 Å². The van der Waals surface area contributed by atoms with Gasteiger partial charge in [0.25, 0.3) is 0 Å². The van der Waals surface area contributed by atoms with Crippen LogP contribution in [0.2, 0.25) is 0 Å². The van der Waals surface area contributed by atoms with Gasteiger partial charge in [-0.2, -0.15) is 0 Å². The van der Waals surface area contributed by atoms with Crippen molar-refractivity contribution in [2.45, 2.75) is 53.0 Å². The van der Waals surface area contributed by atoms with Gasteiger partial charge in [0.2, 0.25) is 0 Å². The van der Waals surface area contributed by atoms with E-state index < -0.39 is 0 Å². The number of nitrogens with zero attached hydrogens (tertiary/aromatic N) is 2. The van der Waals surface area contributed by atoms with Crippen LogP contribution in [0.4, 0.5) is 0 Å². The highest BCUT2D eigenvalue weighted by Crippen LogP contribution is 2.24. The number of hydrogen-bond acceptors (Lipinski definition) is 2. The molecule has 1 N–H and O–H groups in total. The number of fused-ring (bicyclic) bond motifs is 1. The van der Waals surface area contributed by atoms with Crippen molar-refractivity contribution in [3.8, 4) is 0 Å². The van der Waals surface area contributed by atoms with E-state index in [0.717, 1.165) is 18.5 Å². The topological polar surface area (TPSA) is 29.9 Å². The number of benzene rings is 1. The SMILES string of the molecule is CCNC(CCCc1nc2ccccc2n1C)C(C)(C)C. The summed E-state index contributed by atoms with van der Waals surface area (Å²) in [6.07, 6.45) is 3.41. The Morgan fingerprint density at radius 2 is 1.95 bits per heavy atom. The fraction of sp³-hybridized carbons (Fsp3) is 0.611. The zero-order chi connectivity index (χ0) is 15.5. The molecular formula is C18H29N3. The molecule has 2 aromatic rings. The van der Waals surface area contributed by atoms with Crippen LogP contribution in [0.15, 0.2) is 24.3 Å². The highest BCUT2D eigenvalue weighted by molar-refractivity contribution is 5.75. The zero-order valence-corrected chi connectivity index (χ0v) is 14.1. The standard InChI is InChI=1S/C18H29N3/c1-6-19-16(18(2,3)4)12-9-13-17-20-14-10-7-8-11-15(14)21(17)5/h7-8,10-11,16,19H,6,9,12-13H2,1-5H3. The van der Waals surface area contributed by atoms with Crippen molar-refractivity contribution in [1.82, 2.24) is 14.9 Å². The third kappa shape index (κ3) is 3.85. The summed E-state index contributed by atoms with van der Waals surface area (Å²) < 4.78 is 2.23. The van der Waals surface area contributed by atoms with E-state index in [1.165, 1.54) is 24.2 Å². The van der Waals surface area contributed by atoms with Crippen molar-refractivity contribution in [2.24, 2.45) is 12.5 Å². The summed E-state index contributed by atoms with van der Waals surface area (Å²) in [5.41, 5.74) is 2.64. The van der Waals surface area contributed by atoms with Crippen molar-refractivity contribution in [1.29, 1.82) is 0 Å². The summed E-state index contributed by atoms with van der Waals surface area (Å²) in [5.74, 6) is 1.19. The number of para-hydroxylation sites is 2. The summed E-state index contributed by atoms with van der Waals surface area (Å²) in [5, 5.41) is 3.62. The molecular weight excluding hydrogens is 258 g/mol. The van der Waals surface area contributed by atoms with Crippen LogP contribution in [0.1, 0.15) is 46.4 Å². The van der Waals surface area contributed by atoms with Gasteiger partial charge in [0.1, 0.15) is 5.82 Å². The van der Waals surface area contributed by atoms with E-state index in [9.17, 15) is 0 Å². The number of hydrogen-bond donors (Lipinski definition) is 1. The predicted molar refractivity (Wildman–Crippen MR) is 90.6 cm³/mol. The molecule has 1 aromatic carbocycles. The molecule has 1 aromatic heterocycles. The van der Waals surface area contributed by atoms with Gasteiger partial charge >= 0.3 is 0 Å². The third-order valence-corrected chi connectivity index (χ3v) is 4.27. The molecule has 21 heavy (non-hydrogen) atoms. The van der Waals surface area contributed by atoms with E-state index in [4.69, 9.17) is 4.98 Å². The van der Waals surface area contributed by atoms with E-state index in [1.807, 2.05) is 0 Å². The molecule has 116 valence electrons. The molecule has 0 aliphatic heterocycles. The van der Waals surface area contributed by atoms with Gasteiger partial charge in [-0.25, -0.2) is 4.98 Å². The lowest BCUT2D eigenvalue weighted by atomic mass is 9.83. The molecule has 0 saturated carbocycles. The monoisotopic (exact) mass is 287 g/mol. The number of rotatable bonds is 6. The molecule has 1 atom stereocenters. The number of aromatic nitrogens is 2. The lowest BCUT2D eigenvalue weighted by molar-refractivity contribution is 0.254. The van der Waals surface area contributed by atoms with Gasteiger partial charge in [-0.1, -0.05) is 39.8 Å². The highest BCUT2D eigenvalue weighted by Gasteiger charge is 2.23. The average molecular weight is 287 g/mol. The maximum absolute atomic E-state index is 4.76. The second-order valence-electron chi connectivity index (χ2n) is 6.94. The quantitative estimate of drug-likeness (QED) is 0.872. The van der Waals surface area contributed by atoms with Gasteiger partial charge < -0.3 is 9.88 Å². The van der Waals surface area contributed by atoms with E-state index in [1.54, 1.807) is 0 Å². The van der Waals surface area contributed by atoms with Crippen LogP contribution in [0, 0.1) is 5.41 Å². The van der Waals surface area contributed by atoms with Crippen LogP contribution >= 0.6 is 0 Å². The van der Waals surface area contributed by atoms with Gasteiger partial charge in [-0.15, -0.1) is 0 Å². The molecule has 0 amide bonds. The first-order valence-electron chi connectivity index (χ1n) is 8.07. The molecule has 3 heteroatoms. The van der Waals surface area contributed by atoms with Crippen LogP contribution < -0.4 is 5.32 Å². The normalized spacial score (nSPS) is 13.8. The fourth-order valence-corrected chi connectivity index (χ4v) is 2.97. The van der Waals surface area contributed by atoms with E-state index in [2.05, 4.69) is 68.9 Å². The summed E-state index contributed by atoms with van der Waals surface area (Å²) in [4.78, 5) is 4.76. The summed E-state index contributed by atoms with van der Waals surface area (Å²) in [7, 11) is 2.12. The fourth-order valence-electron chi connectivity index (χ4n) is 2.97. The number of aryl methyl sites for hydroxylation is 2. The van der Waals surface area contributed by atoms with Gasteiger partial charge in [0.05, 0.1) is 11.0 Å². The van der Waals surface area contributed by atoms with Gasteiger partial charge in [0, 0.05) is 19.5 Å². The largest absolute Gasteiger partial charge is 0.331 e. The lowest BCUT2D eigenvalue weighted by Gasteiger charge is -2.31. The van der Waals surface area contributed by atoms with Gasteiger partial charge in [-0.3, -0.25) is 0 Å². The molecule has 1 unspecified atom stereocenters. The lowest BCUT2D eigenvalue weighted by Crippen LogP contribution is -2.40. The Balaban J connectivity index is 2.00. The van der Waals surface area contributed by atoms with E-state index >= 15 is 0 Å². The Morgan fingerprint density at radius 3 is 2.57 bits per heavy atom. The van der Waals surface area contributed by atoms with Crippen LogP contribution in [0.25, 0.3) is 11.0 Å². The first kappa shape index (κ1) is 16.0. The third-order valence-electron chi connectivity index (χ3n) is 4.27. The van der Waals surface area contributed by atoms with Gasteiger partial charge in [-0.05, 0) is 36.9 Å². The van der Waals surface area contributed by atoms with Gasteiger partial charge in [0.15, 0.2) is 0 Å². The second kappa shape index (κ2) is 6.61. The molecule has 3 nitrogen and oxygen atoms in total. The maximum atomic E-state index is 4.76. The summed E-state index contributed by atoms with van der Waals surface area (Å²) >= 11 is 0. The summed E-state index contributed by atoms with van der Waals surface area (Å²) in [6.45, 7) is 10.2. The van der Waals surface area contributed by atoms with Crippen LogP contribution in [-0.4, -0.2) is 22.1 Å². The average Bonchev–Trinajstić information content (AvgIpc) is 2.74. The van der Waals surface area contributed by atoms with Crippen LogP contribution in [0.3, 0.4) is 0 Å². The Labute approximate surface area is 128 Å². The molecule has 1 heterocycles. The molecule has 0 spiro atoms. The zero-order valence-electron chi connectivity index (χ0n) is 14.1. The van der Waals surface area contributed by atoms with Crippen molar-refractivity contribution in [2.75, 3.05) is 6.54 Å². The van der Waals surface area contributed by atoms with E-state index in [-0.39, 0.29) is 0 Å². The number of imidazole rings is 1. The first-order valence-corrected chi connectivity index (χ1v) is 8.07. The predicted octanol–water partition coefficient (Wildman–Crippen LogP) is 3.92. The molecule has 0 fully saturated rings. The minimum Gasteiger partial charge on any atom is -0.331 e. The van der Waals surface area contributed by atoms with Crippen molar-refractivity contribution in [3.05, 3.63) is 30.1 Å². The van der Waals surface area contributed by atoms with Crippen LogP contribution in [0.5, 0.6) is 0 Å². The van der Waals surface area contributed by atoms with Crippen molar-refractivity contribution < 1.29 is 0 Å². The second-order valence-corrected chi connectivity index (χ2v) is 6.94. The highest BCUT2D eigenvalue weighted by atomic mass is 15.1. The Hall–Kier alpha value is -1.35.